The number of hydrogen-bond acceptors (Lipinski definition) is 4. The first-order valence-electron chi connectivity index (χ1n) is 8.70. The van der Waals surface area contributed by atoms with Crippen molar-refractivity contribution in [2.75, 3.05) is 44.2 Å². The Labute approximate surface area is 154 Å². The van der Waals surface area contributed by atoms with Gasteiger partial charge in [-0.2, -0.15) is 0 Å². The SMILES string of the molecule is Cc1cccc(N2CCN(C[C@@H](O)COc3ccc(Cl)cc3)CC2)c1. The largest absolute Gasteiger partial charge is 0.491 e. The monoisotopic (exact) mass is 360 g/mol. The third-order valence-electron chi connectivity index (χ3n) is 4.46. The molecule has 1 saturated heterocycles. The number of rotatable bonds is 6. The van der Waals surface area contributed by atoms with Gasteiger partial charge in [-0.05, 0) is 48.9 Å². The van der Waals surface area contributed by atoms with Gasteiger partial charge in [0, 0.05) is 43.4 Å². The van der Waals surface area contributed by atoms with Gasteiger partial charge >= 0.3 is 0 Å². The summed E-state index contributed by atoms with van der Waals surface area (Å²) in [6.45, 7) is 6.91. The first kappa shape index (κ1) is 18.1. The van der Waals surface area contributed by atoms with Gasteiger partial charge in [0.1, 0.15) is 18.5 Å². The van der Waals surface area contributed by atoms with E-state index in [1.807, 2.05) is 12.1 Å². The smallest absolute Gasteiger partial charge is 0.119 e. The van der Waals surface area contributed by atoms with Crippen LogP contribution in [0, 0.1) is 6.92 Å². The van der Waals surface area contributed by atoms with E-state index in [0.717, 1.165) is 31.9 Å². The summed E-state index contributed by atoms with van der Waals surface area (Å²) in [5, 5.41) is 10.9. The van der Waals surface area contributed by atoms with Crippen LogP contribution in [0.3, 0.4) is 0 Å². The molecule has 0 amide bonds. The normalized spacial score (nSPS) is 16.7. The van der Waals surface area contributed by atoms with Gasteiger partial charge in [-0.25, -0.2) is 0 Å². The van der Waals surface area contributed by atoms with Crippen LogP contribution < -0.4 is 9.64 Å². The molecule has 4 nitrogen and oxygen atoms in total. The standard InChI is InChI=1S/C20H25ClN2O2/c1-16-3-2-4-18(13-16)23-11-9-22(10-12-23)14-19(24)15-25-20-7-5-17(21)6-8-20/h2-8,13,19,24H,9-12,14-15H2,1H3/t19-/m1/s1. The molecular weight excluding hydrogens is 336 g/mol. The van der Waals surface area contributed by atoms with Crippen LogP contribution >= 0.6 is 11.6 Å². The van der Waals surface area contributed by atoms with Crippen molar-refractivity contribution >= 4 is 17.3 Å². The maximum atomic E-state index is 10.2. The van der Waals surface area contributed by atoms with Crippen molar-refractivity contribution in [1.82, 2.24) is 4.90 Å². The zero-order valence-electron chi connectivity index (χ0n) is 14.6. The minimum Gasteiger partial charge on any atom is -0.491 e. The van der Waals surface area contributed by atoms with Crippen LogP contribution in [-0.4, -0.2) is 55.4 Å². The van der Waals surface area contributed by atoms with Crippen molar-refractivity contribution in [1.29, 1.82) is 0 Å². The van der Waals surface area contributed by atoms with E-state index in [1.165, 1.54) is 11.3 Å². The van der Waals surface area contributed by atoms with Gasteiger partial charge in [0.05, 0.1) is 0 Å². The molecule has 0 aliphatic carbocycles. The van der Waals surface area contributed by atoms with Gasteiger partial charge in [0.2, 0.25) is 0 Å². The summed E-state index contributed by atoms with van der Waals surface area (Å²) in [7, 11) is 0. The van der Waals surface area contributed by atoms with Crippen LogP contribution in [0.4, 0.5) is 5.69 Å². The molecule has 2 aromatic rings. The molecule has 1 heterocycles. The lowest BCUT2D eigenvalue weighted by molar-refractivity contribution is 0.0663. The fraction of sp³-hybridized carbons (Fsp3) is 0.400. The highest BCUT2D eigenvalue weighted by Gasteiger charge is 2.19. The predicted octanol–water partition coefficient (Wildman–Crippen LogP) is 3.21. The fourth-order valence-corrected chi connectivity index (χ4v) is 3.21. The Kier molecular flexibility index (Phi) is 6.19. The molecule has 25 heavy (non-hydrogen) atoms. The molecule has 1 fully saturated rings. The van der Waals surface area contributed by atoms with E-state index < -0.39 is 6.10 Å². The van der Waals surface area contributed by atoms with Gasteiger partial charge < -0.3 is 14.7 Å². The number of nitrogens with zero attached hydrogens (tertiary/aromatic N) is 2. The summed E-state index contributed by atoms with van der Waals surface area (Å²) in [4.78, 5) is 4.70. The van der Waals surface area contributed by atoms with E-state index in [1.54, 1.807) is 12.1 Å². The van der Waals surface area contributed by atoms with E-state index in [4.69, 9.17) is 16.3 Å². The molecular formula is C20H25ClN2O2. The molecule has 1 aliphatic rings. The molecule has 0 bridgehead atoms. The maximum absolute atomic E-state index is 10.2. The van der Waals surface area contributed by atoms with E-state index in [2.05, 4.69) is 41.0 Å². The number of halogens is 1. The highest BCUT2D eigenvalue weighted by atomic mass is 35.5. The lowest BCUT2D eigenvalue weighted by Gasteiger charge is -2.37. The number of aryl methyl sites for hydroxylation is 1. The summed E-state index contributed by atoms with van der Waals surface area (Å²) < 4.78 is 5.62. The second-order valence-electron chi connectivity index (χ2n) is 6.55. The second-order valence-corrected chi connectivity index (χ2v) is 6.98. The predicted molar refractivity (Wildman–Crippen MR) is 103 cm³/mol. The molecule has 3 rings (SSSR count). The van der Waals surface area contributed by atoms with Crippen LogP contribution in [0.1, 0.15) is 5.56 Å². The molecule has 0 unspecified atom stereocenters. The molecule has 1 N–H and O–H groups in total. The number of piperazine rings is 1. The highest BCUT2D eigenvalue weighted by molar-refractivity contribution is 6.30. The molecule has 134 valence electrons. The van der Waals surface area contributed by atoms with Gasteiger partial charge in [-0.1, -0.05) is 23.7 Å². The zero-order valence-corrected chi connectivity index (χ0v) is 15.3. The molecule has 1 aliphatic heterocycles. The Balaban J connectivity index is 1.41. The fourth-order valence-electron chi connectivity index (χ4n) is 3.09. The lowest BCUT2D eigenvalue weighted by Crippen LogP contribution is -2.49. The number of β-amino-alcohol motifs (C(OH)–C–C–N with tert-alkyl or cyclic N) is 1. The molecule has 1 atom stereocenters. The van der Waals surface area contributed by atoms with Crippen LogP contribution in [0.5, 0.6) is 5.75 Å². The Bertz CT molecular complexity index is 670. The van der Waals surface area contributed by atoms with Gasteiger partial charge in [-0.15, -0.1) is 0 Å². The summed E-state index contributed by atoms with van der Waals surface area (Å²) in [6, 6.07) is 15.8. The van der Waals surface area contributed by atoms with Gasteiger partial charge in [0.25, 0.3) is 0 Å². The highest BCUT2D eigenvalue weighted by Crippen LogP contribution is 2.18. The molecule has 0 aromatic heterocycles. The third kappa shape index (κ3) is 5.36. The average molecular weight is 361 g/mol. The number of benzene rings is 2. The Morgan fingerprint density at radius 1 is 1.08 bits per heavy atom. The minimum absolute atomic E-state index is 0.291. The minimum atomic E-state index is -0.499. The first-order valence-corrected chi connectivity index (χ1v) is 9.08. The van der Waals surface area contributed by atoms with Crippen LogP contribution in [0.2, 0.25) is 5.02 Å². The maximum Gasteiger partial charge on any atom is 0.119 e. The van der Waals surface area contributed by atoms with Crippen LogP contribution in [-0.2, 0) is 0 Å². The first-order chi connectivity index (χ1) is 12.1. The summed E-state index contributed by atoms with van der Waals surface area (Å²) >= 11 is 5.85. The lowest BCUT2D eigenvalue weighted by atomic mass is 10.2. The second kappa shape index (κ2) is 8.56. The number of aliphatic hydroxyl groups is 1. The van der Waals surface area contributed by atoms with Crippen molar-refractivity contribution in [2.24, 2.45) is 0 Å². The van der Waals surface area contributed by atoms with Crippen molar-refractivity contribution in [3.05, 3.63) is 59.1 Å². The van der Waals surface area contributed by atoms with Crippen molar-refractivity contribution in [3.8, 4) is 5.75 Å². The third-order valence-corrected chi connectivity index (χ3v) is 4.72. The Hall–Kier alpha value is -1.75. The molecule has 5 heteroatoms. The number of ether oxygens (including phenoxy) is 1. The summed E-state index contributed by atoms with van der Waals surface area (Å²) in [5.41, 5.74) is 2.57. The summed E-state index contributed by atoms with van der Waals surface area (Å²) in [6.07, 6.45) is -0.499. The van der Waals surface area contributed by atoms with Crippen molar-refractivity contribution in [2.45, 2.75) is 13.0 Å². The number of aliphatic hydroxyl groups excluding tert-OH is 1. The topological polar surface area (TPSA) is 35.9 Å². The number of hydrogen-bond donors (Lipinski definition) is 1. The Morgan fingerprint density at radius 2 is 1.80 bits per heavy atom. The zero-order chi connectivity index (χ0) is 17.6. The van der Waals surface area contributed by atoms with Crippen LogP contribution in [0.15, 0.2) is 48.5 Å². The van der Waals surface area contributed by atoms with E-state index in [-0.39, 0.29) is 0 Å². The molecule has 0 radical (unpaired) electrons. The van der Waals surface area contributed by atoms with Crippen LogP contribution in [0.25, 0.3) is 0 Å². The average Bonchev–Trinajstić information content (AvgIpc) is 2.62. The van der Waals surface area contributed by atoms with E-state index in [0.29, 0.717) is 18.2 Å². The van der Waals surface area contributed by atoms with Gasteiger partial charge in [0.15, 0.2) is 0 Å². The molecule has 2 aromatic carbocycles. The summed E-state index contributed by atoms with van der Waals surface area (Å²) in [5.74, 6) is 0.729. The van der Waals surface area contributed by atoms with E-state index in [9.17, 15) is 5.11 Å². The molecule has 0 saturated carbocycles. The van der Waals surface area contributed by atoms with Crippen molar-refractivity contribution < 1.29 is 9.84 Å². The van der Waals surface area contributed by atoms with E-state index >= 15 is 0 Å². The van der Waals surface area contributed by atoms with Gasteiger partial charge in [-0.3, -0.25) is 4.90 Å². The van der Waals surface area contributed by atoms with Crippen molar-refractivity contribution in [3.63, 3.8) is 0 Å². The number of anilines is 1. The quantitative estimate of drug-likeness (QED) is 0.858. The molecule has 0 spiro atoms. The Morgan fingerprint density at radius 3 is 2.48 bits per heavy atom.